The molecule has 2 bridgehead atoms. The molecule has 0 aromatic heterocycles. The highest BCUT2D eigenvalue weighted by Gasteiger charge is 2.45. The maximum absolute atomic E-state index is 6.21. The Hall–Kier alpha value is -0.120. The fraction of sp³-hybridized carbons (Fsp3) is 1.00. The van der Waals surface area contributed by atoms with E-state index in [1.165, 1.54) is 19.3 Å². The van der Waals surface area contributed by atoms with Crippen LogP contribution in [0.4, 0.5) is 0 Å². The molecule has 82 valence electrons. The number of fused-ring (bicyclic) bond motifs is 2. The number of ether oxygens (including phenoxy) is 1. The number of rotatable bonds is 5. The van der Waals surface area contributed by atoms with Crippen molar-refractivity contribution in [1.29, 1.82) is 0 Å². The Morgan fingerprint density at radius 1 is 1.36 bits per heavy atom. The van der Waals surface area contributed by atoms with Crippen LogP contribution in [-0.2, 0) is 4.74 Å². The third-order valence-electron chi connectivity index (χ3n) is 4.02. The highest BCUT2D eigenvalue weighted by atomic mass is 16.5. The molecule has 2 aliphatic rings. The molecule has 0 radical (unpaired) electrons. The minimum Gasteiger partial charge on any atom is -0.383 e. The molecule has 2 rings (SSSR count). The largest absolute Gasteiger partial charge is 0.383 e. The van der Waals surface area contributed by atoms with Crippen LogP contribution in [0, 0.1) is 17.8 Å². The van der Waals surface area contributed by atoms with Gasteiger partial charge in [-0.15, -0.1) is 0 Å². The van der Waals surface area contributed by atoms with Crippen LogP contribution in [-0.4, -0.2) is 32.8 Å². The lowest BCUT2D eigenvalue weighted by Gasteiger charge is -2.28. The first kappa shape index (κ1) is 10.4. The quantitative estimate of drug-likeness (QED) is 0.636. The highest BCUT2D eigenvalue weighted by molar-refractivity contribution is 4.99. The number of methoxy groups -OCH3 is 1. The molecule has 3 N–H and O–H groups in total. The van der Waals surface area contributed by atoms with Crippen molar-refractivity contribution in [2.75, 3.05) is 26.8 Å². The molecular weight excluding hydrogens is 176 g/mol. The molecule has 3 nitrogen and oxygen atoms in total. The molecule has 4 unspecified atom stereocenters. The average Bonchev–Trinajstić information content (AvgIpc) is 2.75. The summed E-state index contributed by atoms with van der Waals surface area (Å²) < 4.78 is 5.00. The van der Waals surface area contributed by atoms with Crippen molar-refractivity contribution >= 4 is 0 Å². The minimum atomic E-state index is 0.462. The first-order chi connectivity index (χ1) is 6.83. The van der Waals surface area contributed by atoms with Gasteiger partial charge < -0.3 is 15.8 Å². The maximum Gasteiger partial charge on any atom is 0.0587 e. The molecule has 4 atom stereocenters. The van der Waals surface area contributed by atoms with E-state index < -0.39 is 0 Å². The van der Waals surface area contributed by atoms with Crippen LogP contribution in [0.15, 0.2) is 0 Å². The van der Waals surface area contributed by atoms with Gasteiger partial charge in [0, 0.05) is 19.7 Å². The monoisotopic (exact) mass is 198 g/mol. The van der Waals surface area contributed by atoms with Gasteiger partial charge in [-0.1, -0.05) is 0 Å². The normalized spacial score (nSPS) is 40.7. The molecule has 2 fully saturated rings. The van der Waals surface area contributed by atoms with Crippen molar-refractivity contribution in [3.63, 3.8) is 0 Å². The average molecular weight is 198 g/mol. The van der Waals surface area contributed by atoms with Crippen LogP contribution in [0.1, 0.15) is 19.3 Å². The zero-order chi connectivity index (χ0) is 9.97. The van der Waals surface area contributed by atoms with E-state index in [4.69, 9.17) is 10.5 Å². The minimum absolute atomic E-state index is 0.462. The topological polar surface area (TPSA) is 47.3 Å². The Bertz CT molecular complexity index is 184. The number of nitrogens with one attached hydrogen (secondary N) is 1. The van der Waals surface area contributed by atoms with Crippen LogP contribution in [0.2, 0.25) is 0 Å². The fourth-order valence-corrected chi connectivity index (χ4v) is 3.20. The van der Waals surface area contributed by atoms with E-state index in [-0.39, 0.29) is 0 Å². The zero-order valence-corrected chi connectivity index (χ0v) is 9.04. The number of hydrogen-bond donors (Lipinski definition) is 2. The van der Waals surface area contributed by atoms with Gasteiger partial charge in [-0.2, -0.15) is 0 Å². The van der Waals surface area contributed by atoms with Crippen molar-refractivity contribution in [3.05, 3.63) is 0 Å². The Morgan fingerprint density at radius 2 is 2.14 bits per heavy atom. The molecule has 2 aliphatic carbocycles. The van der Waals surface area contributed by atoms with E-state index in [2.05, 4.69) is 5.32 Å². The molecule has 0 amide bonds. The lowest BCUT2D eigenvalue weighted by atomic mass is 9.85. The van der Waals surface area contributed by atoms with Gasteiger partial charge >= 0.3 is 0 Å². The summed E-state index contributed by atoms with van der Waals surface area (Å²) in [5.74, 6) is 2.46. The smallest absolute Gasteiger partial charge is 0.0587 e. The molecule has 2 saturated carbocycles. The number of nitrogens with two attached hydrogens (primary N) is 1. The van der Waals surface area contributed by atoms with Crippen molar-refractivity contribution < 1.29 is 4.74 Å². The van der Waals surface area contributed by atoms with Gasteiger partial charge in [-0.25, -0.2) is 0 Å². The SMILES string of the molecule is COCCNCC1C2CCC(C2)C1N. The van der Waals surface area contributed by atoms with E-state index in [0.717, 1.165) is 37.5 Å². The standard InChI is InChI=1S/C11H22N2O/c1-14-5-4-13-7-10-8-2-3-9(6-8)11(10)12/h8-11,13H,2-7,12H2,1H3. The molecular formula is C11H22N2O. The zero-order valence-electron chi connectivity index (χ0n) is 9.04. The Kier molecular flexibility index (Phi) is 3.42. The Labute approximate surface area is 86.4 Å². The fourth-order valence-electron chi connectivity index (χ4n) is 3.20. The summed E-state index contributed by atoms with van der Waals surface area (Å²) in [7, 11) is 1.74. The second-order valence-corrected chi connectivity index (χ2v) is 4.77. The molecule has 0 heterocycles. The van der Waals surface area contributed by atoms with Crippen molar-refractivity contribution in [2.45, 2.75) is 25.3 Å². The maximum atomic E-state index is 6.21. The van der Waals surface area contributed by atoms with Gasteiger partial charge in [-0.3, -0.25) is 0 Å². The van der Waals surface area contributed by atoms with Crippen LogP contribution >= 0.6 is 0 Å². The summed E-state index contributed by atoms with van der Waals surface area (Å²) in [6, 6.07) is 0.462. The predicted octanol–water partition coefficient (Wildman–Crippen LogP) is 0.596. The van der Waals surface area contributed by atoms with Crippen molar-refractivity contribution in [3.8, 4) is 0 Å². The first-order valence-corrected chi connectivity index (χ1v) is 5.78. The summed E-state index contributed by atoms with van der Waals surface area (Å²) in [6.45, 7) is 2.85. The van der Waals surface area contributed by atoms with Crippen LogP contribution in [0.3, 0.4) is 0 Å². The molecule has 14 heavy (non-hydrogen) atoms. The second-order valence-electron chi connectivity index (χ2n) is 4.77. The van der Waals surface area contributed by atoms with E-state index in [9.17, 15) is 0 Å². The first-order valence-electron chi connectivity index (χ1n) is 5.78. The number of hydrogen-bond acceptors (Lipinski definition) is 3. The lowest BCUT2D eigenvalue weighted by molar-refractivity contribution is 0.193. The predicted molar refractivity (Wildman–Crippen MR) is 57.0 cm³/mol. The molecule has 3 heteroatoms. The van der Waals surface area contributed by atoms with Crippen LogP contribution < -0.4 is 11.1 Å². The molecule has 0 aromatic rings. The van der Waals surface area contributed by atoms with Crippen LogP contribution in [0.25, 0.3) is 0 Å². The highest BCUT2D eigenvalue weighted by Crippen LogP contribution is 2.47. The van der Waals surface area contributed by atoms with Gasteiger partial charge in [0.05, 0.1) is 6.61 Å². The van der Waals surface area contributed by atoms with E-state index in [0.29, 0.717) is 6.04 Å². The van der Waals surface area contributed by atoms with Gasteiger partial charge in [0.25, 0.3) is 0 Å². The second kappa shape index (κ2) is 4.60. The third kappa shape index (κ3) is 1.95. The van der Waals surface area contributed by atoms with Gasteiger partial charge in [0.2, 0.25) is 0 Å². The molecule has 0 aromatic carbocycles. The summed E-state index contributed by atoms with van der Waals surface area (Å²) in [5.41, 5.74) is 6.21. The van der Waals surface area contributed by atoms with Gasteiger partial charge in [-0.05, 0) is 43.6 Å². The summed E-state index contributed by atoms with van der Waals surface area (Å²) in [4.78, 5) is 0. The lowest BCUT2D eigenvalue weighted by Crippen LogP contribution is -2.41. The molecule has 0 spiro atoms. The van der Waals surface area contributed by atoms with Gasteiger partial charge in [0.15, 0.2) is 0 Å². The Balaban J connectivity index is 1.70. The van der Waals surface area contributed by atoms with Gasteiger partial charge in [0.1, 0.15) is 0 Å². The van der Waals surface area contributed by atoms with E-state index in [1.54, 1.807) is 7.11 Å². The Morgan fingerprint density at radius 3 is 2.79 bits per heavy atom. The van der Waals surface area contributed by atoms with Crippen molar-refractivity contribution in [2.24, 2.45) is 23.5 Å². The molecule has 0 aliphatic heterocycles. The molecule has 0 saturated heterocycles. The van der Waals surface area contributed by atoms with E-state index in [1.807, 2.05) is 0 Å². The van der Waals surface area contributed by atoms with Crippen LogP contribution in [0.5, 0.6) is 0 Å². The summed E-state index contributed by atoms with van der Waals surface area (Å²) >= 11 is 0. The van der Waals surface area contributed by atoms with Crippen molar-refractivity contribution in [1.82, 2.24) is 5.32 Å². The summed E-state index contributed by atoms with van der Waals surface area (Å²) in [6.07, 6.45) is 4.17. The summed E-state index contributed by atoms with van der Waals surface area (Å²) in [5, 5.41) is 3.44. The third-order valence-corrected chi connectivity index (χ3v) is 4.02. The van der Waals surface area contributed by atoms with E-state index >= 15 is 0 Å².